The number of carbonyl (C=O) groups is 2. The van der Waals surface area contributed by atoms with Gasteiger partial charge in [-0.15, -0.1) is 0 Å². The molecule has 2 heterocycles. The summed E-state index contributed by atoms with van der Waals surface area (Å²) in [5.41, 5.74) is 7.32. The lowest BCUT2D eigenvalue weighted by atomic mass is 10.1. The minimum Gasteiger partial charge on any atom is -0.399 e. The molecule has 0 aliphatic carbocycles. The fourth-order valence-corrected chi connectivity index (χ4v) is 2.82. The fraction of sp³-hybridized carbons (Fsp3) is 0.429. The van der Waals surface area contributed by atoms with Crippen LogP contribution in [0.4, 0.5) is 10.5 Å². The molecule has 1 unspecified atom stereocenters. The van der Waals surface area contributed by atoms with Crippen molar-refractivity contribution in [1.29, 1.82) is 0 Å². The van der Waals surface area contributed by atoms with Crippen molar-refractivity contribution in [3.8, 4) is 0 Å². The SMILES string of the molecule is Nc1cccc(CC(=O)N2CCN3C(=O)NCC3C2)c1. The van der Waals surface area contributed by atoms with E-state index >= 15 is 0 Å². The summed E-state index contributed by atoms with van der Waals surface area (Å²) >= 11 is 0. The highest BCUT2D eigenvalue weighted by Crippen LogP contribution is 2.16. The molecule has 0 saturated carbocycles. The second-order valence-corrected chi connectivity index (χ2v) is 5.29. The zero-order valence-corrected chi connectivity index (χ0v) is 11.2. The third kappa shape index (κ3) is 2.41. The number of nitrogens with zero attached hydrogens (tertiary/aromatic N) is 2. The molecule has 0 radical (unpaired) electrons. The highest BCUT2D eigenvalue weighted by Gasteiger charge is 2.36. The Labute approximate surface area is 117 Å². The normalized spacial score (nSPS) is 21.6. The van der Waals surface area contributed by atoms with E-state index in [1.54, 1.807) is 0 Å². The van der Waals surface area contributed by atoms with Gasteiger partial charge in [0, 0.05) is 31.9 Å². The molecular weight excluding hydrogens is 256 g/mol. The topological polar surface area (TPSA) is 78.7 Å². The van der Waals surface area contributed by atoms with Gasteiger partial charge in [-0.05, 0) is 17.7 Å². The van der Waals surface area contributed by atoms with Crippen LogP contribution in [0, 0.1) is 0 Å². The summed E-state index contributed by atoms with van der Waals surface area (Å²) in [4.78, 5) is 27.5. The van der Waals surface area contributed by atoms with Crippen molar-refractivity contribution in [2.24, 2.45) is 0 Å². The van der Waals surface area contributed by atoms with Crippen LogP contribution in [0.5, 0.6) is 0 Å². The number of hydrogen-bond donors (Lipinski definition) is 2. The number of amides is 3. The Hall–Kier alpha value is -2.24. The Kier molecular flexibility index (Phi) is 3.22. The number of nitrogens with two attached hydrogens (primary N) is 1. The molecular formula is C14H18N4O2. The predicted molar refractivity (Wildman–Crippen MR) is 75.0 cm³/mol. The van der Waals surface area contributed by atoms with E-state index in [2.05, 4.69) is 5.32 Å². The second kappa shape index (κ2) is 5.03. The van der Waals surface area contributed by atoms with Crippen LogP contribution in [0.3, 0.4) is 0 Å². The number of hydrogen-bond acceptors (Lipinski definition) is 3. The maximum Gasteiger partial charge on any atom is 0.317 e. The van der Waals surface area contributed by atoms with Crippen LogP contribution in [-0.2, 0) is 11.2 Å². The maximum absolute atomic E-state index is 12.3. The highest BCUT2D eigenvalue weighted by molar-refractivity contribution is 5.81. The molecule has 6 heteroatoms. The van der Waals surface area contributed by atoms with Gasteiger partial charge in [-0.3, -0.25) is 4.79 Å². The van der Waals surface area contributed by atoms with E-state index < -0.39 is 0 Å². The summed E-state index contributed by atoms with van der Waals surface area (Å²) in [6.45, 7) is 2.45. The summed E-state index contributed by atoms with van der Waals surface area (Å²) < 4.78 is 0. The molecule has 106 valence electrons. The minimum absolute atomic E-state index is 0.0158. The van der Waals surface area contributed by atoms with E-state index in [-0.39, 0.29) is 18.0 Å². The first-order valence-electron chi connectivity index (χ1n) is 6.80. The average molecular weight is 274 g/mol. The molecule has 2 aliphatic rings. The summed E-state index contributed by atoms with van der Waals surface area (Å²) in [6.07, 6.45) is 0.360. The summed E-state index contributed by atoms with van der Waals surface area (Å²) in [6, 6.07) is 7.50. The van der Waals surface area contributed by atoms with Crippen molar-refractivity contribution in [1.82, 2.24) is 15.1 Å². The smallest absolute Gasteiger partial charge is 0.317 e. The predicted octanol–water partition coefficient (Wildman–Crippen LogP) is 0.0473. The largest absolute Gasteiger partial charge is 0.399 e. The van der Waals surface area contributed by atoms with Gasteiger partial charge < -0.3 is 20.9 Å². The van der Waals surface area contributed by atoms with Gasteiger partial charge >= 0.3 is 6.03 Å². The van der Waals surface area contributed by atoms with Crippen LogP contribution in [-0.4, -0.2) is 54.0 Å². The van der Waals surface area contributed by atoms with Crippen LogP contribution in [0.2, 0.25) is 0 Å². The Balaban J connectivity index is 1.62. The van der Waals surface area contributed by atoms with Crippen LogP contribution in [0.25, 0.3) is 0 Å². The van der Waals surface area contributed by atoms with E-state index in [0.717, 1.165) is 5.56 Å². The first kappa shape index (κ1) is 12.8. The average Bonchev–Trinajstić information content (AvgIpc) is 2.80. The minimum atomic E-state index is -0.0158. The van der Waals surface area contributed by atoms with E-state index in [0.29, 0.717) is 38.3 Å². The van der Waals surface area contributed by atoms with Gasteiger partial charge in [0.05, 0.1) is 12.5 Å². The lowest BCUT2D eigenvalue weighted by Crippen LogP contribution is -2.54. The Morgan fingerprint density at radius 2 is 2.25 bits per heavy atom. The van der Waals surface area contributed by atoms with Crippen molar-refractivity contribution in [2.75, 3.05) is 31.9 Å². The molecule has 3 rings (SSSR count). The van der Waals surface area contributed by atoms with Crippen LogP contribution in [0.15, 0.2) is 24.3 Å². The van der Waals surface area contributed by atoms with Crippen molar-refractivity contribution < 1.29 is 9.59 Å². The molecule has 0 spiro atoms. The number of piperazine rings is 1. The Morgan fingerprint density at radius 1 is 1.40 bits per heavy atom. The molecule has 2 aliphatic heterocycles. The fourth-order valence-electron chi connectivity index (χ4n) is 2.82. The molecule has 1 aromatic rings. The Bertz CT molecular complexity index is 546. The van der Waals surface area contributed by atoms with E-state index in [1.165, 1.54) is 0 Å². The maximum atomic E-state index is 12.3. The van der Waals surface area contributed by atoms with Crippen LogP contribution >= 0.6 is 0 Å². The summed E-state index contributed by atoms with van der Waals surface area (Å²) in [5, 5.41) is 2.81. The number of anilines is 1. The highest BCUT2D eigenvalue weighted by atomic mass is 16.2. The van der Waals surface area contributed by atoms with Crippen LogP contribution in [0.1, 0.15) is 5.56 Å². The van der Waals surface area contributed by atoms with Crippen molar-refractivity contribution >= 4 is 17.6 Å². The van der Waals surface area contributed by atoms with E-state index in [1.807, 2.05) is 34.1 Å². The zero-order valence-electron chi connectivity index (χ0n) is 11.2. The molecule has 20 heavy (non-hydrogen) atoms. The number of fused-ring (bicyclic) bond motifs is 1. The van der Waals surface area contributed by atoms with Gasteiger partial charge in [0.25, 0.3) is 0 Å². The molecule has 1 atom stereocenters. The third-order valence-electron chi connectivity index (χ3n) is 3.89. The van der Waals surface area contributed by atoms with Gasteiger partial charge in [0.2, 0.25) is 5.91 Å². The number of carbonyl (C=O) groups excluding carboxylic acids is 2. The molecule has 3 amide bonds. The first-order valence-corrected chi connectivity index (χ1v) is 6.80. The lowest BCUT2D eigenvalue weighted by molar-refractivity contribution is -0.132. The van der Waals surface area contributed by atoms with Gasteiger partial charge in [0.15, 0.2) is 0 Å². The Morgan fingerprint density at radius 3 is 3.05 bits per heavy atom. The number of nitrogens with one attached hydrogen (secondary N) is 1. The number of urea groups is 1. The molecule has 3 N–H and O–H groups in total. The quantitative estimate of drug-likeness (QED) is 0.748. The lowest BCUT2D eigenvalue weighted by Gasteiger charge is -2.36. The standard InChI is InChI=1S/C14H18N4O2/c15-11-3-1-2-10(6-11)7-13(19)17-4-5-18-12(9-17)8-16-14(18)20/h1-3,6,12H,4-5,7-9,15H2,(H,16,20). The number of benzene rings is 1. The second-order valence-electron chi connectivity index (χ2n) is 5.29. The van der Waals surface area contributed by atoms with Crippen molar-refractivity contribution in [3.05, 3.63) is 29.8 Å². The first-order chi connectivity index (χ1) is 9.63. The summed E-state index contributed by atoms with van der Waals surface area (Å²) in [5.74, 6) is 0.0922. The van der Waals surface area contributed by atoms with Crippen molar-refractivity contribution in [3.63, 3.8) is 0 Å². The van der Waals surface area contributed by atoms with Crippen LogP contribution < -0.4 is 11.1 Å². The molecule has 1 aromatic carbocycles. The number of rotatable bonds is 2. The third-order valence-corrected chi connectivity index (χ3v) is 3.89. The van der Waals surface area contributed by atoms with Gasteiger partial charge in [-0.25, -0.2) is 4.79 Å². The monoisotopic (exact) mass is 274 g/mol. The van der Waals surface area contributed by atoms with E-state index in [4.69, 9.17) is 5.73 Å². The zero-order chi connectivity index (χ0) is 14.1. The summed E-state index contributed by atoms with van der Waals surface area (Å²) in [7, 11) is 0. The van der Waals surface area contributed by atoms with E-state index in [9.17, 15) is 9.59 Å². The molecule has 6 nitrogen and oxygen atoms in total. The molecule has 2 fully saturated rings. The van der Waals surface area contributed by atoms with Gasteiger partial charge in [-0.1, -0.05) is 12.1 Å². The van der Waals surface area contributed by atoms with Gasteiger partial charge in [0.1, 0.15) is 0 Å². The van der Waals surface area contributed by atoms with Gasteiger partial charge in [-0.2, -0.15) is 0 Å². The number of nitrogen functional groups attached to an aromatic ring is 1. The molecule has 0 bridgehead atoms. The van der Waals surface area contributed by atoms with Crippen molar-refractivity contribution in [2.45, 2.75) is 12.5 Å². The molecule has 2 saturated heterocycles. The molecule has 0 aromatic heterocycles.